The standard InChI is InChI=1S/Hf.H2O4S/c;1-5(2,3)4/h;(H2,1,2,3,4)/p-1. The summed E-state index contributed by atoms with van der Waals surface area (Å²) in [7, 11) is -4.92. The zero-order chi connectivity index (χ0) is 4.50. The molecule has 0 radical (unpaired) electrons. The van der Waals surface area contributed by atoms with Crippen molar-refractivity contribution in [2.75, 3.05) is 0 Å². The van der Waals surface area contributed by atoms with Crippen LogP contribution in [0.3, 0.4) is 0 Å². The second kappa shape index (κ2) is 2.84. The number of hydrogen-bond acceptors (Lipinski definition) is 3. The Balaban J connectivity index is 0. The van der Waals surface area contributed by atoms with Crippen molar-refractivity contribution in [2.45, 2.75) is 0 Å². The molecule has 0 unspecified atom stereocenters. The van der Waals surface area contributed by atoms with Crippen LogP contribution in [0.1, 0.15) is 0 Å². The summed E-state index contributed by atoms with van der Waals surface area (Å²) in [5.41, 5.74) is 0. The Hall–Kier alpha value is 0.740. The van der Waals surface area contributed by atoms with Gasteiger partial charge in [0.2, 0.25) is 10.4 Å². The Morgan fingerprint density at radius 2 is 1.50 bits per heavy atom. The van der Waals surface area contributed by atoms with Crippen LogP contribution >= 0.6 is 0 Å². The quantitative estimate of drug-likeness (QED) is 0.350. The van der Waals surface area contributed by atoms with Gasteiger partial charge in [0.05, 0.1) is 0 Å². The maximum absolute atomic E-state index is 8.63. The summed E-state index contributed by atoms with van der Waals surface area (Å²) in [5, 5.41) is 0. The molecule has 0 spiro atoms. The van der Waals surface area contributed by atoms with E-state index >= 15 is 0 Å². The predicted octanol–water partition coefficient (Wildman–Crippen LogP) is -0.998. The van der Waals surface area contributed by atoms with Crippen LogP contribution < -0.4 is 0 Å². The summed E-state index contributed by atoms with van der Waals surface area (Å²) in [6.45, 7) is 0. The van der Waals surface area contributed by atoms with Crippen LogP contribution in [0, 0.1) is 0 Å². The van der Waals surface area contributed by atoms with Crippen molar-refractivity contribution in [3.05, 3.63) is 0 Å². The smallest absolute Gasteiger partial charge is 0.215 e. The van der Waals surface area contributed by atoms with Gasteiger partial charge < -0.3 is 4.55 Å². The molecule has 36 valence electrons. The zero-order valence-corrected chi connectivity index (χ0v) is 6.99. The summed E-state index contributed by atoms with van der Waals surface area (Å²) in [6, 6.07) is 0. The van der Waals surface area contributed by atoms with Crippen LogP contribution in [0.15, 0.2) is 0 Å². The fourth-order valence-corrected chi connectivity index (χ4v) is 0. The summed E-state index contributed by atoms with van der Waals surface area (Å²) in [6.07, 6.45) is 0. The van der Waals surface area contributed by atoms with Gasteiger partial charge >= 0.3 is 0 Å². The van der Waals surface area contributed by atoms with Crippen molar-refractivity contribution in [2.24, 2.45) is 0 Å². The molecule has 0 heterocycles. The Kier molecular flexibility index (Phi) is 4.68. The summed E-state index contributed by atoms with van der Waals surface area (Å²) >= 11 is 0. The largest absolute Gasteiger partial charge is 0.726 e. The third-order valence-electron chi connectivity index (χ3n) is 0. The number of hydrogen-bond donors (Lipinski definition) is 1. The van der Waals surface area contributed by atoms with Crippen LogP contribution in [0.5, 0.6) is 0 Å². The molecule has 6 heavy (non-hydrogen) atoms. The summed E-state index contributed by atoms with van der Waals surface area (Å²) in [5.74, 6) is 0. The zero-order valence-electron chi connectivity index (χ0n) is 2.58. The summed E-state index contributed by atoms with van der Waals surface area (Å²) in [4.78, 5) is 0. The van der Waals surface area contributed by atoms with Gasteiger partial charge in [0, 0.05) is 25.8 Å². The van der Waals surface area contributed by atoms with Crippen LogP contribution in [-0.2, 0) is 36.2 Å². The topological polar surface area (TPSA) is 77.4 Å². The van der Waals surface area contributed by atoms with Gasteiger partial charge in [0.1, 0.15) is 0 Å². The van der Waals surface area contributed by atoms with E-state index in [1.54, 1.807) is 0 Å². The molecule has 0 aromatic carbocycles. The SMILES string of the molecule is O=S(=O)([O-])O.[Hf]. The van der Waals surface area contributed by atoms with Crippen molar-refractivity contribution < 1.29 is 43.4 Å². The Labute approximate surface area is 53.9 Å². The van der Waals surface area contributed by atoms with Gasteiger partial charge in [-0.2, -0.15) is 0 Å². The van der Waals surface area contributed by atoms with Gasteiger partial charge in [-0.15, -0.1) is 0 Å². The molecule has 0 saturated carbocycles. The Bertz CT molecular complexity index is 90.7. The van der Waals surface area contributed by atoms with Crippen molar-refractivity contribution in [3.63, 3.8) is 0 Å². The second-order valence-electron chi connectivity index (χ2n) is 0.428. The third kappa shape index (κ3) is 121. The van der Waals surface area contributed by atoms with Crippen LogP contribution in [0.2, 0.25) is 0 Å². The molecular formula is HHfO4S-. The molecule has 0 atom stereocenters. The molecule has 0 saturated heterocycles. The van der Waals surface area contributed by atoms with E-state index in [2.05, 4.69) is 0 Å². The molecule has 0 aliphatic heterocycles. The fraction of sp³-hybridized carbons (Fsp3) is 0. The molecule has 1 N–H and O–H groups in total. The first-order valence-corrected chi connectivity index (χ1v) is 2.05. The van der Waals surface area contributed by atoms with Crippen molar-refractivity contribution in [1.82, 2.24) is 0 Å². The molecule has 0 aromatic heterocycles. The maximum Gasteiger partial charge on any atom is 0.215 e. The van der Waals surface area contributed by atoms with Gasteiger partial charge in [-0.1, -0.05) is 0 Å². The normalized spacial score (nSPS) is 9.67. The van der Waals surface area contributed by atoms with E-state index in [-0.39, 0.29) is 25.8 Å². The molecule has 4 nitrogen and oxygen atoms in total. The van der Waals surface area contributed by atoms with Gasteiger partial charge in [0.15, 0.2) is 0 Å². The maximum atomic E-state index is 8.63. The average molecular weight is 276 g/mol. The molecule has 0 bridgehead atoms. The molecule has 0 rings (SSSR count). The number of rotatable bonds is 0. The van der Waals surface area contributed by atoms with Crippen LogP contribution in [0.4, 0.5) is 0 Å². The predicted molar refractivity (Wildman–Crippen MR) is 12.3 cm³/mol. The van der Waals surface area contributed by atoms with E-state index in [0.717, 1.165) is 0 Å². The first-order valence-electron chi connectivity index (χ1n) is 0.683. The average Bonchev–Trinajstić information content (AvgIpc) is 0.722. The minimum Gasteiger partial charge on any atom is -0.726 e. The van der Waals surface area contributed by atoms with Crippen molar-refractivity contribution in [1.29, 1.82) is 0 Å². The fourth-order valence-electron chi connectivity index (χ4n) is 0. The van der Waals surface area contributed by atoms with Crippen LogP contribution in [-0.4, -0.2) is 17.5 Å². The monoisotopic (exact) mass is 277 g/mol. The van der Waals surface area contributed by atoms with E-state index in [9.17, 15) is 0 Å². The molecule has 0 aliphatic rings. The van der Waals surface area contributed by atoms with E-state index < -0.39 is 10.4 Å². The van der Waals surface area contributed by atoms with E-state index in [1.807, 2.05) is 0 Å². The van der Waals surface area contributed by atoms with Crippen molar-refractivity contribution >= 4 is 10.4 Å². The molecule has 0 fully saturated rings. The van der Waals surface area contributed by atoms with Gasteiger partial charge in [-0.3, -0.25) is 4.55 Å². The third-order valence-corrected chi connectivity index (χ3v) is 0. The van der Waals surface area contributed by atoms with Gasteiger partial charge in [-0.05, 0) is 0 Å². The minimum absolute atomic E-state index is 0. The van der Waals surface area contributed by atoms with E-state index in [4.69, 9.17) is 17.5 Å². The molecular weight excluding hydrogens is 275 g/mol. The Morgan fingerprint density at radius 1 is 1.50 bits per heavy atom. The van der Waals surface area contributed by atoms with Gasteiger partial charge in [-0.25, -0.2) is 8.42 Å². The molecule has 0 aliphatic carbocycles. The van der Waals surface area contributed by atoms with Crippen molar-refractivity contribution in [3.8, 4) is 0 Å². The second-order valence-corrected chi connectivity index (χ2v) is 1.28. The molecule has 0 aromatic rings. The minimum atomic E-state index is -4.92. The van der Waals surface area contributed by atoms with Gasteiger partial charge in [0.25, 0.3) is 0 Å². The Morgan fingerprint density at radius 3 is 1.50 bits per heavy atom. The summed E-state index contributed by atoms with van der Waals surface area (Å²) < 4.78 is 32.8. The van der Waals surface area contributed by atoms with Crippen LogP contribution in [0.25, 0.3) is 0 Å². The molecule has 6 heteroatoms. The first-order chi connectivity index (χ1) is 2.00. The van der Waals surface area contributed by atoms with E-state index in [1.165, 1.54) is 0 Å². The molecule has 0 amide bonds. The van der Waals surface area contributed by atoms with E-state index in [0.29, 0.717) is 0 Å². The first kappa shape index (κ1) is 9.88.